The molecular weight excluding hydrogens is 476 g/mol. The summed E-state index contributed by atoms with van der Waals surface area (Å²) in [6, 6.07) is 12.5. The van der Waals surface area contributed by atoms with Gasteiger partial charge in [0.05, 0.1) is 17.2 Å². The Hall–Kier alpha value is -2.86. The van der Waals surface area contributed by atoms with Crippen LogP contribution in [0, 0.1) is 11.3 Å². The molecule has 0 amide bonds. The summed E-state index contributed by atoms with van der Waals surface area (Å²) in [7, 11) is 0. The zero-order valence-corrected chi connectivity index (χ0v) is 17.5. The van der Waals surface area contributed by atoms with Gasteiger partial charge in [0.1, 0.15) is 11.6 Å². The minimum atomic E-state index is -4.87. The zero-order chi connectivity index (χ0) is 22.5. The predicted octanol–water partition coefficient (Wildman–Crippen LogP) is 6.07. The molecule has 4 rings (SSSR count). The lowest BCUT2D eigenvalue weighted by Gasteiger charge is -2.26. The Morgan fingerprint density at radius 3 is 2.23 bits per heavy atom. The van der Waals surface area contributed by atoms with Crippen LogP contribution in [-0.4, -0.2) is 9.78 Å². The molecule has 2 aromatic carbocycles. The molecule has 158 valence electrons. The van der Waals surface area contributed by atoms with Crippen molar-refractivity contribution in [3.63, 3.8) is 0 Å². The van der Waals surface area contributed by atoms with Crippen LogP contribution in [0.5, 0.6) is 5.88 Å². The summed E-state index contributed by atoms with van der Waals surface area (Å²) in [4.78, 5) is 0. The number of halogens is 6. The second kappa shape index (κ2) is 7.68. The van der Waals surface area contributed by atoms with E-state index in [1.54, 1.807) is 30.3 Å². The number of hydrogen-bond donors (Lipinski definition) is 1. The average Bonchev–Trinajstić information content (AvgIpc) is 3.07. The van der Waals surface area contributed by atoms with Crippen molar-refractivity contribution < 1.29 is 17.9 Å². The van der Waals surface area contributed by atoms with Crippen LogP contribution in [0.15, 0.2) is 53.9 Å². The molecule has 0 aliphatic carbocycles. The number of nitrogens with zero attached hydrogens (tertiary/aromatic N) is 3. The van der Waals surface area contributed by atoms with Crippen molar-refractivity contribution in [2.75, 3.05) is 0 Å². The van der Waals surface area contributed by atoms with Crippen molar-refractivity contribution in [2.45, 2.75) is 12.1 Å². The Kier molecular flexibility index (Phi) is 5.30. The molecule has 0 saturated heterocycles. The lowest BCUT2D eigenvalue weighted by molar-refractivity contribution is -0.142. The standard InChI is InChI=1S/C20H10Cl3F3N4O/c21-9-6-12(22)15(13(23)7-9)14-11(8-27)18(28)31-19-16(14)17(20(24,25)26)29-30(19)10-4-2-1-3-5-10/h1-7,14H,28H2. The molecule has 31 heavy (non-hydrogen) atoms. The molecule has 1 unspecified atom stereocenters. The highest BCUT2D eigenvalue weighted by Crippen LogP contribution is 2.51. The van der Waals surface area contributed by atoms with Crippen molar-refractivity contribution >= 4 is 34.8 Å². The van der Waals surface area contributed by atoms with E-state index in [-0.39, 0.29) is 38.0 Å². The van der Waals surface area contributed by atoms with Crippen molar-refractivity contribution in [1.29, 1.82) is 5.26 Å². The fourth-order valence-electron chi connectivity index (χ4n) is 3.41. The van der Waals surface area contributed by atoms with Crippen LogP contribution in [0.4, 0.5) is 13.2 Å². The molecule has 2 heterocycles. The van der Waals surface area contributed by atoms with Gasteiger partial charge in [0.2, 0.25) is 11.8 Å². The van der Waals surface area contributed by atoms with E-state index in [4.69, 9.17) is 45.3 Å². The lowest BCUT2D eigenvalue weighted by atomic mass is 9.83. The van der Waals surface area contributed by atoms with Crippen molar-refractivity contribution in [3.05, 3.63) is 85.8 Å². The van der Waals surface area contributed by atoms with Crippen molar-refractivity contribution in [1.82, 2.24) is 9.78 Å². The fourth-order valence-corrected chi connectivity index (χ4v) is 4.45. The fraction of sp³-hybridized carbons (Fsp3) is 0.100. The maximum absolute atomic E-state index is 14.0. The molecule has 0 fully saturated rings. The molecule has 0 spiro atoms. The Morgan fingerprint density at radius 1 is 1.06 bits per heavy atom. The number of alkyl halides is 3. The number of nitriles is 1. The first kappa shape index (κ1) is 21.4. The first-order valence-corrected chi connectivity index (χ1v) is 9.74. The zero-order valence-electron chi connectivity index (χ0n) is 15.2. The first-order chi connectivity index (χ1) is 14.6. The predicted molar refractivity (Wildman–Crippen MR) is 109 cm³/mol. The van der Waals surface area contributed by atoms with Crippen LogP contribution in [0.3, 0.4) is 0 Å². The molecule has 5 nitrogen and oxygen atoms in total. The van der Waals surface area contributed by atoms with Crippen LogP contribution < -0.4 is 10.5 Å². The first-order valence-electron chi connectivity index (χ1n) is 8.61. The Balaban J connectivity index is 2.10. The molecule has 2 N–H and O–H groups in total. The number of allylic oxidation sites excluding steroid dienone is 1. The minimum absolute atomic E-state index is 0.0310. The summed E-state index contributed by atoms with van der Waals surface area (Å²) in [6.07, 6.45) is -4.87. The van der Waals surface area contributed by atoms with Gasteiger partial charge in [-0.2, -0.15) is 28.2 Å². The second-order valence-corrected chi connectivity index (χ2v) is 7.77. The smallest absolute Gasteiger partial charge is 0.422 e. The minimum Gasteiger partial charge on any atom is -0.422 e. The lowest BCUT2D eigenvalue weighted by Crippen LogP contribution is -2.23. The van der Waals surface area contributed by atoms with E-state index >= 15 is 0 Å². The van der Waals surface area contributed by atoms with Crippen LogP contribution >= 0.6 is 34.8 Å². The Labute approximate surface area is 189 Å². The highest BCUT2D eigenvalue weighted by molar-refractivity contribution is 6.39. The normalized spacial score (nSPS) is 16.0. The summed E-state index contributed by atoms with van der Waals surface area (Å²) >= 11 is 18.6. The van der Waals surface area contributed by atoms with E-state index in [0.717, 1.165) is 4.68 Å². The molecule has 1 atom stereocenters. The van der Waals surface area contributed by atoms with Gasteiger partial charge < -0.3 is 10.5 Å². The van der Waals surface area contributed by atoms with Gasteiger partial charge in [-0.3, -0.25) is 0 Å². The van der Waals surface area contributed by atoms with E-state index < -0.39 is 23.4 Å². The van der Waals surface area contributed by atoms with E-state index in [2.05, 4.69) is 5.10 Å². The number of benzene rings is 2. The van der Waals surface area contributed by atoms with Gasteiger partial charge in [-0.1, -0.05) is 53.0 Å². The summed E-state index contributed by atoms with van der Waals surface area (Å²) in [6.45, 7) is 0. The third-order valence-corrected chi connectivity index (χ3v) is 5.49. The number of rotatable bonds is 2. The van der Waals surface area contributed by atoms with E-state index in [1.807, 2.05) is 6.07 Å². The molecule has 0 radical (unpaired) electrons. The molecule has 0 saturated carbocycles. The van der Waals surface area contributed by atoms with Gasteiger partial charge in [0, 0.05) is 20.6 Å². The van der Waals surface area contributed by atoms with Crippen molar-refractivity contribution in [3.8, 4) is 17.6 Å². The Bertz CT molecular complexity index is 1240. The van der Waals surface area contributed by atoms with Gasteiger partial charge in [-0.25, -0.2) is 0 Å². The molecular formula is C20H10Cl3F3N4O. The summed E-state index contributed by atoms with van der Waals surface area (Å²) in [5, 5.41) is 13.6. The van der Waals surface area contributed by atoms with Crippen LogP contribution in [0.2, 0.25) is 15.1 Å². The van der Waals surface area contributed by atoms with Gasteiger partial charge in [-0.05, 0) is 24.3 Å². The summed E-state index contributed by atoms with van der Waals surface area (Å²) in [5.41, 5.74) is 4.31. The number of hydrogen-bond acceptors (Lipinski definition) is 4. The van der Waals surface area contributed by atoms with Crippen LogP contribution in [0.25, 0.3) is 5.69 Å². The largest absolute Gasteiger partial charge is 0.435 e. The monoisotopic (exact) mass is 484 g/mol. The second-order valence-electron chi connectivity index (χ2n) is 6.52. The summed E-state index contributed by atoms with van der Waals surface area (Å²) < 4.78 is 48.6. The highest BCUT2D eigenvalue weighted by atomic mass is 35.5. The van der Waals surface area contributed by atoms with Gasteiger partial charge in [-0.15, -0.1) is 0 Å². The third-order valence-electron chi connectivity index (χ3n) is 4.65. The van der Waals surface area contributed by atoms with E-state index in [1.165, 1.54) is 12.1 Å². The average molecular weight is 486 g/mol. The highest BCUT2D eigenvalue weighted by Gasteiger charge is 2.47. The number of aromatic nitrogens is 2. The molecule has 1 aliphatic heterocycles. The molecule has 11 heteroatoms. The van der Waals surface area contributed by atoms with Crippen LogP contribution in [0.1, 0.15) is 22.7 Å². The molecule has 0 bridgehead atoms. The van der Waals surface area contributed by atoms with E-state index in [9.17, 15) is 18.4 Å². The number of para-hydroxylation sites is 1. The SMILES string of the molecule is N#CC1=C(N)Oc2c(c(C(F)(F)F)nn2-c2ccccc2)C1c1c(Cl)cc(Cl)cc1Cl. The van der Waals surface area contributed by atoms with Gasteiger partial charge >= 0.3 is 6.18 Å². The van der Waals surface area contributed by atoms with Gasteiger partial charge in [0.25, 0.3) is 0 Å². The van der Waals surface area contributed by atoms with E-state index in [0.29, 0.717) is 5.69 Å². The van der Waals surface area contributed by atoms with Crippen molar-refractivity contribution in [2.24, 2.45) is 5.73 Å². The quantitative estimate of drug-likeness (QED) is 0.478. The maximum Gasteiger partial charge on any atom is 0.435 e. The maximum atomic E-state index is 14.0. The van der Waals surface area contributed by atoms with Gasteiger partial charge in [0.15, 0.2) is 5.69 Å². The number of nitrogens with two attached hydrogens (primary N) is 1. The molecule has 1 aliphatic rings. The third kappa shape index (κ3) is 3.59. The number of ether oxygens (including phenoxy) is 1. The number of fused-ring (bicyclic) bond motifs is 1. The molecule has 1 aromatic heterocycles. The Morgan fingerprint density at radius 2 is 1.68 bits per heavy atom. The topological polar surface area (TPSA) is 76.9 Å². The molecule has 3 aromatic rings. The van der Waals surface area contributed by atoms with Crippen LogP contribution in [-0.2, 0) is 6.18 Å². The summed E-state index contributed by atoms with van der Waals surface area (Å²) in [5.74, 6) is -2.05.